The van der Waals surface area contributed by atoms with Gasteiger partial charge in [-0.1, -0.05) is 6.42 Å². The molecular weight excluding hydrogens is 326 g/mol. The number of nitrogens with one attached hydrogen (secondary N) is 2. The van der Waals surface area contributed by atoms with Crippen LogP contribution in [-0.2, 0) is 14.4 Å². The highest BCUT2D eigenvalue weighted by molar-refractivity contribution is 5.94. The molecule has 0 aliphatic carbocycles. The van der Waals surface area contributed by atoms with Crippen LogP contribution in [-0.4, -0.2) is 53.6 Å². The Morgan fingerprint density at radius 1 is 1.00 bits per heavy atom. The van der Waals surface area contributed by atoms with Gasteiger partial charge in [-0.15, -0.1) is 0 Å². The van der Waals surface area contributed by atoms with Gasteiger partial charge in [-0.3, -0.25) is 9.59 Å². The summed E-state index contributed by atoms with van der Waals surface area (Å²) >= 11 is 0. The molecule has 0 bridgehead atoms. The highest BCUT2D eigenvalue weighted by Gasteiger charge is 2.33. The number of amides is 2. The number of hydrogen-bond donors (Lipinski definition) is 6. The van der Waals surface area contributed by atoms with Gasteiger partial charge in [0.05, 0.1) is 6.04 Å². The van der Waals surface area contributed by atoms with Gasteiger partial charge in [-0.25, -0.2) is 4.79 Å². The third-order valence-corrected chi connectivity index (χ3v) is 3.86. The first-order valence-corrected chi connectivity index (χ1v) is 8.67. The summed E-state index contributed by atoms with van der Waals surface area (Å²) in [6.07, 6.45) is 3.51. The zero-order chi connectivity index (χ0) is 19.5. The normalized spacial score (nSPS) is 13.8. The van der Waals surface area contributed by atoms with E-state index in [2.05, 4.69) is 10.6 Å². The van der Waals surface area contributed by atoms with E-state index in [1.807, 2.05) is 0 Å². The van der Waals surface area contributed by atoms with Crippen LogP contribution in [0.1, 0.15) is 52.4 Å². The summed E-state index contributed by atoms with van der Waals surface area (Å²) in [4.78, 5) is 35.7. The van der Waals surface area contributed by atoms with Crippen molar-refractivity contribution >= 4 is 17.8 Å². The van der Waals surface area contributed by atoms with E-state index in [0.717, 1.165) is 12.8 Å². The molecule has 0 aromatic rings. The number of carbonyl (C=O) groups is 3. The first-order chi connectivity index (χ1) is 11.7. The third-order valence-electron chi connectivity index (χ3n) is 3.86. The number of carbonyl (C=O) groups excluding carboxylic acids is 2. The maximum atomic E-state index is 12.4. The largest absolute Gasteiger partial charge is 0.480 e. The molecule has 0 saturated carbocycles. The summed E-state index contributed by atoms with van der Waals surface area (Å²) in [5, 5.41) is 14.2. The summed E-state index contributed by atoms with van der Waals surface area (Å²) in [5.74, 6) is -2.15. The quantitative estimate of drug-likeness (QED) is 0.229. The van der Waals surface area contributed by atoms with Crippen molar-refractivity contribution in [1.29, 1.82) is 0 Å². The van der Waals surface area contributed by atoms with Gasteiger partial charge in [-0.05, 0) is 59.0 Å². The Hall–Kier alpha value is -1.71. The molecule has 25 heavy (non-hydrogen) atoms. The zero-order valence-electron chi connectivity index (χ0n) is 15.2. The Balaban J connectivity index is 4.63. The number of unbranched alkanes of at least 4 members (excludes halogenated alkanes) is 2. The highest BCUT2D eigenvalue weighted by Crippen LogP contribution is 2.08. The Labute approximate surface area is 149 Å². The fourth-order valence-electron chi connectivity index (χ4n) is 2.19. The van der Waals surface area contributed by atoms with Gasteiger partial charge in [0.1, 0.15) is 11.6 Å². The van der Waals surface area contributed by atoms with Gasteiger partial charge < -0.3 is 32.9 Å². The van der Waals surface area contributed by atoms with Crippen LogP contribution in [0.3, 0.4) is 0 Å². The molecule has 9 nitrogen and oxygen atoms in total. The molecular formula is C16H33N5O4. The van der Waals surface area contributed by atoms with E-state index in [4.69, 9.17) is 17.2 Å². The smallest absolute Gasteiger partial charge is 0.326 e. The summed E-state index contributed by atoms with van der Waals surface area (Å²) < 4.78 is 0. The van der Waals surface area contributed by atoms with Gasteiger partial charge in [0.15, 0.2) is 0 Å². The zero-order valence-corrected chi connectivity index (χ0v) is 15.2. The van der Waals surface area contributed by atoms with Crippen LogP contribution < -0.4 is 27.8 Å². The van der Waals surface area contributed by atoms with Crippen molar-refractivity contribution in [1.82, 2.24) is 10.6 Å². The minimum Gasteiger partial charge on any atom is -0.480 e. The average Bonchev–Trinajstić information content (AvgIpc) is 2.53. The summed E-state index contributed by atoms with van der Waals surface area (Å²) in [6.45, 7) is 4.00. The highest BCUT2D eigenvalue weighted by atomic mass is 16.4. The molecule has 0 rings (SSSR count). The van der Waals surface area contributed by atoms with Crippen molar-refractivity contribution < 1.29 is 19.5 Å². The number of carboxylic acid groups (broad SMARTS) is 1. The Bertz CT molecular complexity index is 442. The molecule has 146 valence electrons. The molecule has 0 heterocycles. The molecule has 2 atom stereocenters. The second-order valence-electron chi connectivity index (χ2n) is 6.65. The van der Waals surface area contributed by atoms with Crippen LogP contribution in [0.5, 0.6) is 0 Å². The van der Waals surface area contributed by atoms with Crippen molar-refractivity contribution in [2.75, 3.05) is 13.1 Å². The van der Waals surface area contributed by atoms with Gasteiger partial charge in [0.2, 0.25) is 11.8 Å². The standard InChI is InChI=1S/C16H33N5O4/c1-16(2,21-13(22)11(19)7-3-5-9-17)15(25)20-12(14(23)24)8-4-6-10-18/h11-12H,3-10,17-19H2,1-2H3,(H,20,25)(H,21,22)(H,23,24)/t11-,12-/m0/s1. The van der Waals surface area contributed by atoms with Gasteiger partial charge in [0.25, 0.3) is 0 Å². The number of rotatable bonds is 13. The molecule has 0 aliphatic heterocycles. The molecule has 0 aromatic heterocycles. The fraction of sp³-hybridized carbons (Fsp3) is 0.812. The molecule has 0 aliphatic rings. The minimum atomic E-state index is -1.27. The Kier molecular flexibility index (Phi) is 11.0. The lowest BCUT2D eigenvalue weighted by atomic mass is 10.0. The minimum absolute atomic E-state index is 0.279. The summed E-state index contributed by atoms with van der Waals surface area (Å²) in [6, 6.07) is -1.76. The van der Waals surface area contributed by atoms with Crippen LogP contribution in [0, 0.1) is 0 Å². The van der Waals surface area contributed by atoms with E-state index in [-0.39, 0.29) is 6.42 Å². The third kappa shape index (κ3) is 9.37. The number of nitrogens with two attached hydrogens (primary N) is 3. The molecule has 0 spiro atoms. The van der Waals surface area contributed by atoms with Crippen molar-refractivity contribution in [3.8, 4) is 0 Å². The molecule has 0 aromatic carbocycles. The van der Waals surface area contributed by atoms with Gasteiger partial charge in [0, 0.05) is 0 Å². The molecule has 9 N–H and O–H groups in total. The van der Waals surface area contributed by atoms with E-state index in [1.165, 1.54) is 13.8 Å². The van der Waals surface area contributed by atoms with Crippen LogP contribution >= 0.6 is 0 Å². The predicted molar refractivity (Wildman–Crippen MR) is 95.6 cm³/mol. The lowest BCUT2D eigenvalue weighted by Crippen LogP contribution is -2.60. The van der Waals surface area contributed by atoms with Crippen LogP contribution in [0.25, 0.3) is 0 Å². The van der Waals surface area contributed by atoms with Crippen molar-refractivity contribution in [3.05, 3.63) is 0 Å². The van der Waals surface area contributed by atoms with Crippen LogP contribution in [0.15, 0.2) is 0 Å². The van der Waals surface area contributed by atoms with Crippen molar-refractivity contribution in [2.24, 2.45) is 17.2 Å². The lowest BCUT2D eigenvalue weighted by molar-refractivity contribution is -0.143. The first kappa shape index (κ1) is 23.3. The maximum Gasteiger partial charge on any atom is 0.326 e. The predicted octanol–water partition coefficient (Wildman–Crippen LogP) is -0.964. The van der Waals surface area contributed by atoms with E-state index < -0.39 is 35.4 Å². The molecule has 0 fully saturated rings. The van der Waals surface area contributed by atoms with E-state index in [0.29, 0.717) is 32.4 Å². The Morgan fingerprint density at radius 3 is 2.00 bits per heavy atom. The maximum absolute atomic E-state index is 12.4. The van der Waals surface area contributed by atoms with E-state index >= 15 is 0 Å². The average molecular weight is 359 g/mol. The van der Waals surface area contributed by atoms with Crippen molar-refractivity contribution in [3.63, 3.8) is 0 Å². The number of aliphatic carboxylic acids is 1. The second kappa shape index (κ2) is 11.8. The Morgan fingerprint density at radius 2 is 1.52 bits per heavy atom. The molecule has 0 radical (unpaired) electrons. The monoisotopic (exact) mass is 359 g/mol. The fourth-order valence-corrected chi connectivity index (χ4v) is 2.19. The van der Waals surface area contributed by atoms with Crippen LogP contribution in [0.4, 0.5) is 0 Å². The number of hydrogen-bond acceptors (Lipinski definition) is 6. The second-order valence-corrected chi connectivity index (χ2v) is 6.65. The topological polar surface area (TPSA) is 174 Å². The van der Waals surface area contributed by atoms with Crippen LogP contribution in [0.2, 0.25) is 0 Å². The van der Waals surface area contributed by atoms with E-state index in [1.54, 1.807) is 0 Å². The molecule has 9 heteroatoms. The van der Waals surface area contributed by atoms with Crippen molar-refractivity contribution in [2.45, 2.75) is 70.0 Å². The molecule has 0 saturated heterocycles. The van der Waals surface area contributed by atoms with Gasteiger partial charge in [-0.2, -0.15) is 0 Å². The molecule has 0 unspecified atom stereocenters. The first-order valence-electron chi connectivity index (χ1n) is 8.67. The lowest BCUT2D eigenvalue weighted by Gasteiger charge is -2.28. The SMILES string of the molecule is CC(C)(NC(=O)[C@@H](N)CCCCN)C(=O)N[C@@H](CCCCN)C(=O)O. The number of carboxylic acids is 1. The van der Waals surface area contributed by atoms with Gasteiger partial charge >= 0.3 is 5.97 Å². The molecule has 2 amide bonds. The summed E-state index contributed by atoms with van der Waals surface area (Å²) in [5.41, 5.74) is 15.3. The summed E-state index contributed by atoms with van der Waals surface area (Å²) in [7, 11) is 0. The van der Waals surface area contributed by atoms with E-state index in [9.17, 15) is 19.5 Å².